The van der Waals surface area contributed by atoms with Gasteiger partial charge in [0.05, 0.1) is 5.39 Å². The van der Waals surface area contributed by atoms with Gasteiger partial charge in [-0.1, -0.05) is 34.1 Å². The number of nitrogens with one attached hydrogen (secondary N) is 1. The van der Waals surface area contributed by atoms with Crippen molar-refractivity contribution in [1.29, 1.82) is 0 Å². The van der Waals surface area contributed by atoms with Crippen molar-refractivity contribution in [1.82, 2.24) is 4.98 Å². The molecule has 0 atom stereocenters. The van der Waals surface area contributed by atoms with E-state index in [0.717, 1.165) is 37.1 Å². The lowest BCUT2D eigenvalue weighted by atomic mass is 10.0. The van der Waals surface area contributed by atoms with Crippen LogP contribution in [0.15, 0.2) is 68.3 Å². The van der Waals surface area contributed by atoms with Crippen LogP contribution in [0.25, 0.3) is 43.5 Å². The highest BCUT2D eigenvalue weighted by atomic mass is 79.9. The van der Waals surface area contributed by atoms with Gasteiger partial charge in [-0.15, -0.1) is 0 Å². The van der Waals surface area contributed by atoms with Crippen LogP contribution >= 0.6 is 15.9 Å². The summed E-state index contributed by atoms with van der Waals surface area (Å²) in [5.74, 6) is 0. The summed E-state index contributed by atoms with van der Waals surface area (Å²) < 4.78 is 6.47. The first kappa shape index (κ1) is 12.9. The van der Waals surface area contributed by atoms with Gasteiger partial charge in [-0.05, 0) is 36.4 Å². The smallest absolute Gasteiger partial charge is 0.344 e. The predicted octanol–water partition coefficient (Wildman–Crippen LogP) is 5.34. The Balaban J connectivity index is 2.08. The maximum Gasteiger partial charge on any atom is 0.344 e. The van der Waals surface area contributed by atoms with E-state index in [1.54, 1.807) is 0 Å². The first-order valence-electron chi connectivity index (χ1n) is 7.27. The number of rotatable bonds is 0. The molecular weight excluding hydrogens is 354 g/mol. The number of aromatic nitrogens is 1. The molecule has 0 amide bonds. The zero-order valence-corrected chi connectivity index (χ0v) is 13.5. The Morgan fingerprint density at radius 1 is 0.783 bits per heavy atom. The summed E-state index contributed by atoms with van der Waals surface area (Å²) in [4.78, 5) is 15.7. The van der Waals surface area contributed by atoms with Crippen molar-refractivity contribution in [3.05, 3.63) is 69.5 Å². The molecule has 1 N–H and O–H groups in total. The highest BCUT2D eigenvalue weighted by molar-refractivity contribution is 9.10. The third-order valence-corrected chi connectivity index (χ3v) is 4.79. The minimum atomic E-state index is -0.305. The predicted molar refractivity (Wildman–Crippen MR) is 97.1 cm³/mol. The lowest BCUT2D eigenvalue weighted by Crippen LogP contribution is -1.99. The molecule has 0 bridgehead atoms. The molecule has 5 rings (SSSR count). The molecule has 0 aliphatic rings. The van der Waals surface area contributed by atoms with Crippen molar-refractivity contribution in [3.63, 3.8) is 0 Å². The lowest BCUT2D eigenvalue weighted by molar-refractivity contribution is 0.570. The van der Waals surface area contributed by atoms with Crippen molar-refractivity contribution in [2.24, 2.45) is 0 Å². The maximum absolute atomic E-state index is 12.3. The van der Waals surface area contributed by atoms with Crippen LogP contribution in [0.3, 0.4) is 0 Å². The highest BCUT2D eigenvalue weighted by Gasteiger charge is 2.11. The van der Waals surface area contributed by atoms with Crippen LogP contribution in [0.2, 0.25) is 0 Å². The molecule has 5 aromatic rings. The number of halogens is 1. The number of aromatic amines is 1. The Hall–Kier alpha value is -2.59. The molecule has 0 saturated heterocycles. The van der Waals surface area contributed by atoms with Crippen molar-refractivity contribution >= 4 is 59.5 Å². The van der Waals surface area contributed by atoms with Gasteiger partial charge in [0.25, 0.3) is 0 Å². The van der Waals surface area contributed by atoms with Gasteiger partial charge in [0, 0.05) is 37.1 Å². The van der Waals surface area contributed by atoms with Gasteiger partial charge >= 0.3 is 5.63 Å². The number of para-hydroxylation sites is 1. The van der Waals surface area contributed by atoms with Crippen LogP contribution in [0.4, 0.5) is 0 Å². The van der Waals surface area contributed by atoms with Crippen LogP contribution in [0.5, 0.6) is 0 Å². The topological polar surface area (TPSA) is 46.0 Å². The second-order valence-corrected chi connectivity index (χ2v) is 6.56. The molecule has 0 spiro atoms. The summed E-state index contributed by atoms with van der Waals surface area (Å²) in [5.41, 5.74) is 2.30. The molecule has 0 fully saturated rings. The van der Waals surface area contributed by atoms with Crippen LogP contribution < -0.4 is 5.63 Å². The van der Waals surface area contributed by atoms with Gasteiger partial charge in [-0.2, -0.15) is 0 Å². The second kappa shape index (κ2) is 4.46. The highest BCUT2D eigenvalue weighted by Crippen LogP contribution is 2.32. The van der Waals surface area contributed by atoms with E-state index >= 15 is 0 Å². The quantitative estimate of drug-likeness (QED) is 0.298. The molecule has 0 radical (unpaired) electrons. The number of fused-ring (bicyclic) bond motifs is 6. The summed E-state index contributed by atoms with van der Waals surface area (Å²) in [6.45, 7) is 0. The Kier molecular flexibility index (Phi) is 2.50. The summed E-state index contributed by atoms with van der Waals surface area (Å²) in [7, 11) is 0. The fourth-order valence-electron chi connectivity index (χ4n) is 3.24. The number of hydrogen-bond acceptors (Lipinski definition) is 2. The largest absolute Gasteiger partial charge is 0.422 e. The van der Waals surface area contributed by atoms with Gasteiger partial charge in [0.2, 0.25) is 0 Å². The number of hydrogen-bond donors (Lipinski definition) is 1. The third-order valence-electron chi connectivity index (χ3n) is 4.30. The first-order valence-corrected chi connectivity index (χ1v) is 8.06. The monoisotopic (exact) mass is 363 g/mol. The molecule has 3 nitrogen and oxygen atoms in total. The van der Waals surface area contributed by atoms with Crippen LogP contribution in [0, 0.1) is 0 Å². The molecule has 2 aromatic heterocycles. The maximum atomic E-state index is 12.3. The van der Waals surface area contributed by atoms with Crippen molar-refractivity contribution < 1.29 is 4.42 Å². The molecular formula is C19H10BrNO2. The molecule has 0 saturated carbocycles. The van der Waals surface area contributed by atoms with E-state index in [0.29, 0.717) is 11.0 Å². The Morgan fingerprint density at radius 3 is 2.52 bits per heavy atom. The molecule has 0 aliphatic heterocycles. The van der Waals surface area contributed by atoms with E-state index in [1.165, 1.54) is 0 Å². The first-order chi connectivity index (χ1) is 11.2. The molecule has 23 heavy (non-hydrogen) atoms. The van der Waals surface area contributed by atoms with E-state index in [2.05, 4.69) is 33.0 Å². The van der Waals surface area contributed by atoms with Crippen LogP contribution in [0.1, 0.15) is 0 Å². The van der Waals surface area contributed by atoms with Gasteiger partial charge < -0.3 is 9.40 Å². The molecule has 0 unspecified atom stereocenters. The Morgan fingerprint density at radius 2 is 1.61 bits per heavy atom. The molecule has 0 aliphatic carbocycles. The molecule has 3 aromatic carbocycles. The minimum Gasteiger partial charge on any atom is -0.422 e. The van der Waals surface area contributed by atoms with Gasteiger partial charge in [-0.3, -0.25) is 0 Å². The molecule has 110 valence electrons. The van der Waals surface area contributed by atoms with E-state index < -0.39 is 0 Å². The van der Waals surface area contributed by atoms with Gasteiger partial charge in [-0.25, -0.2) is 4.79 Å². The summed E-state index contributed by atoms with van der Waals surface area (Å²) in [5, 5.41) is 4.71. The Bertz CT molecular complexity index is 1300. The average molecular weight is 364 g/mol. The summed E-state index contributed by atoms with van der Waals surface area (Å²) >= 11 is 3.53. The van der Waals surface area contributed by atoms with Gasteiger partial charge in [0.1, 0.15) is 5.58 Å². The zero-order chi connectivity index (χ0) is 15.6. The van der Waals surface area contributed by atoms with Crippen molar-refractivity contribution in [3.8, 4) is 0 Å². The number of H-pyrrole nitrogens is 1. The van der Waals surface area contributed by atoms with E-state index in [-0.39, 0.29) is 5.63 Å². The standard InChI is InChI=1S/C19H10BrNO2/c20-10-5-6-16-13(7-10)14-8-12-11-3-1-2-4-18(11)23-19(22)15(12)9-17(14)21-16/h1-9,21H. The average Bonchev–Trinajstić information content (AvgIpc) is 2.91. The van der Waals surface area contributed by atoms with Crippen molar-refractivity contribution in [2.45, 2.75) is 0 Å². The third kappa shape index (κ3) is 1.79. The van der Waals surface area contributed by atoms with E-state index in [4.69, 9.17) is 4.42 Å². The van der Waals surface area contributed by atoms with E-state index in [1.807, 2.05) is 42.5 Å². The SMILES string of the molecule is O=c1oc2ccccc2c2cc3c(cc12)[nH]c1ccc(Br)cc13. The Labute approximate surface area is 138 Å². The van der Waals surface area contributed by atoms with Crippen molar-refractivity contribution in [2.75, 3.05) is 0 Å². The van der Waals surface area contributed by atoms with Gasteiger partial charge in [0.15, 0.2) is 0 Å². The lowest BCUT2D eigenvalue weighted by Gasteiger charge is -2.03. The summed E-state index contributed by atoms with van der Waals surface area (Å²) in [6, 6.07) is 17.7. The molecule has 2 heterocycles. The summed E-state index contributed by atoms with van der Waals surface area (Å²) in [6.07, 6.45) is 0. The fourth-order valence-corrected chi connectivity index (χ4v) is 3.61. The second-order valence-electron chi connectivity index (χ2n) is 5.64. The number of benzene rings is 3. The van der Waals surface area contributed by atoms with E-state index in [9.17, 15) is 4.79 Å². The molecule has 4 heteroatoms. The minimum absolute atomic E-state index is 0.305. The zero-order valence-electron chi connectivity index (χ0n) is 11.9. The van der Waals surface area contributed by atoms with Crippen LogP contribution in [-0.2, 0) is 0 Å². The fraction of sp³-hybridized carbons (Fsp3) is 0. The van der Waals surface area contributed by atoms with Crippen LogP contribution in [-0.4, -0.2) is 4.98 Å². The normalized spacial score (nSPS) is 11.9.